The summed E-state index contributed by atoms with van der Waals surface area (Å²) in [5, 5.41) is 6.95. The maximum absolute atomic E-state index is 13.2. The number of benzene rings is 1. The van der Waals surface area contributed by atoms with Crippen LogP contribution < -0.4 is 10.6 Å². The Morgan fingerprint density at radius 3 is 2.32 bits per heavy atom. The van der Waals surface area contributed by atoms with Crippen LogP contribution in [0.15, 0.2) is 24.3 Å². The van der Waals surface area contributed by atoms with Gasteiger partial charge in [-0.2, -0.15) is 0 Å². The number of likely N-dealkylation sites (tertiary alicyclic amines) is 1. The van der Waals surface area contributed by atoms with Crippen molar-refractivity contribution in [3.8, 4) is 0 Å². The predicted octanol–water partition coefficient (Wildman–Crippen LogP) is 1.60. The van der Waals surface area contributed by atoms with Gasteiger partial charge in [-0.1, -0.05) is 23.7 Å². The summed E-state index contributed by atoms with van der Waals surface area (Å²) in [6, 6.07) is 7.79. The van der Waals surface area contributed by atoms with Crippen molar-refractivity contribution in [2.45, 2.75) is 25.7 Å². The van der Waals surface area contributed by atoms with Gasteiger partial charge in [0.2, 0.25) is 11.8 Å². The quantitative estimate of drug-likeness (QED) is 0.859. The number of nitrogens with zero attached hydrogens (tertiary/aromatic N) is 1. The Kier molecular flexibility index (Phi) is 4.24. The fourth-order valence-electron chi connectivity index (χ4n) is 4.40. The number of halogens is 1. The molecule has 0 bridgehead atoms. The number of carbonyl (C=O) groups is 2. The molecule has 3 heterocycles. The Labute approximate surface area is 153 Å². The van der Waals surface area contributed by atoms with E-state index in [1.165, 1.54) is 0 Å². The summed E-state index contributed by atoms with van der Waals surface area (Å²) in [5.74, 6) is 0.413. The second-order valence-corrected chi connectivity index (χ2v) is 8.37. The zero-order chi connectivity index (χ0) is 17.5. The van der Waals surface area contributed by atoms with Gasteiger partial charge in [-0.15, -0.1) is 0 Å². The third kappa shape index (κ3) is 3.15. The lowest BCUT2D eigenvalue weighted by Gasteiger charge is -2.47. The molecule has 6 heteroatoms. The largest absolute Gasteiger partial charge is 0.356 e. The molecule has 1 aromatic rings. The van der Waals surface area contributed by atoms with Crippen molar-refractivity contribution >= 4 is 23.4 Å². The summed E-state index contributed by atoms with van der Waals surface area (Å²) >= 11 is 5.97. The average molecular weight is 362 g/mol. The van der Waals surface area contributed by atoms with Crippen molar-refractivity contribution in [3.63, 3.8) is 0 Å². The van der Waals surface area contributed by atoms with E-state index < -0.39 is 0 Å². The van der Waals surface area contributed by atoms with Crippen LogP contribution in [-0.2, 0) is 16.0 Å². The lowest BCUT2D eigenvalue weighted by molar-refractivity contribution is -0.147. The first-order chi connectivity index (χ1) is 12.0. The first-order valence-corrected chi connectivity index (χ1v) is 9.40. The zero-order valence-corrected chi connectivity index (χ0v) is 15.1. The molecule has 2 N–H and O–H groups in total. The van der Waals surface area contributed by atoms with Crippen LogP contribution in [0.3, 0.4) is 0 Å². The van der Waals surface area contributed by atoms with Crippen molar-refractivity contribution in [1.82, 2.24) is 15.5 Å². The van der Waals surface area contributed by atoms with E-state index in [0.29, 0.717) is 6.42 Å². The van der Waals surface area contributed by atoms with E-state index in [9.17, 15) is 9.59 Å². The summed E-state index contributed by atoms with van der Waals surface area (Å²) in [6.45, 7) is 3.75. The average Bonchev–Trinajstić information content (AvgIpc) is 2.93. The Bertz CT molecular complexity index is 676. The molecule has 0 atom stereocenters. The number of nitrogens with one attached hydrogen (secondary N) is 2. The second kappa shape index (κ2) is 6.29. The number of hydrogen-bond donors (Lipinski definition) is 2. The van der Waals surface area contributed by atoms with Crippen LogP contribution in [0.4, 0.5) is 0 Å². The Hall–Kier alpha value is -1.59. The molecule has 2 amide bonds. The normalized spacial score (nSPS) is 24.0. The van der Waals surface area contributed by atoms with E-state index in [1.54, 1.807) is 0 Å². The third-order valence-electron chi connectivity index (χ3n) is 6.14. The molecule has 4 rings (SSSR count). The third-order valence-corrected chi connectivity index (χ3v) is 6.40. The number of piperidine rings is 1. The smallest absolute Gasteiger partial charge is 0.231 e. The lowest BCUT2D eigenvalue weighted by Crippen LogP contribution is -2.64. The Balaban J connectivity index is 1.42. The molecular formula is C19H24ClN3O2. The minimum atomic E-state index is -0.331. The number of carbonyl (C=O) groups excluding carboxylic acids is 2. The van der Waals surface area contributed by atoms with Gasteiger partial charge in [0, 0.05) is 44.2 Å². The van der Waals surface area contributed by atoms with Crippen LogP contribution >= 0.6 is 11.6 Å². The van der Waals surface area contributed by atoms with Gasteiger partial charge in [-0.25, -0.2) is 0 Å². The molecule has 0 saturated carbocycles. The van der Waals surface area contributed by atoms with E-state index in [2.05, 4.69) is 10.6 Å². The molecule has 3 aliphatic rings. The maximum atomic E-state index is 13.2. The van der Waals surface area contributed by atoms with Crippen LogP contribution in [0.1, 0.15) is 24.8 Å². The van der Waals surface area contributed by atoms with Gasteiger partial charge in [0.25, 0.3) is 0 Å². The highest BCUT2D eigenvalue weighted by Crippen LogP contribution is 2.39. The first kappa shape index (κ1) is 16.9. The summed E-state index contributed by atoms with van der Waals surface area (Å²) in [6.07, 6.45) is 3.20. The fourth-order valence-corrected chi connectivity index (χ4v) is 4.52. The highest BCUT2D eigenvalue weighted by molar-refractivity contribution is 6.30. The first-order valence-electron chi connectivity index (χ1n) is 9.02. The topological polar surface area (TPSA) is 61.4 Å². The minimum Gasteiger partial charge on any atom is -0.356 e. The van der Waals surface area contributed by atoms with Crippen LogP contribution in [-0.4, -0.2) is 49.4 Å². The van der Waals surface area contributed by atoms with E-state index in [-0.39, 0.29) is 22.6 Å². The van der Waals surface area contributed by atoms with E-state index in [4.69, 9.17) is 11.6 Å². The Morgan fingerprint density at radius 2 is 1.80 bits per heavy atom. The van der Waals surface area contributed by atoms with Gasteiger partial charge < -0.3 is 15.5 Å². The molecule has 1 spiro atoms. The zero-order valence-electron chi connectivity index (χ0n) is 14.3. The summed E-state index contributed by atoms with van der Waals surface area (Å²) in [7, 11) is 0. The Morgan fingerprint density at radius 1 is 1.12 bits per heavy atom. The van der Waals surface area contributed by atoms with Gasteiger partial charge in [0.1, 0.15) is 0 Å². The molecule has 0 unspecified atom stereocenters. The summed E-state index contributed by atoms with van der Waals surface area (Å²) < 4.78 is 0. The monoisotopic (exact) mass is 361 g/mol. The molecule has 25 heavy (non-hydrogen) atoms. The van der Waals surface area contributed by atoms with Gasteiger partial charge in [-0.05, 0) is 42.4 Å². The molecule has 0 radical (unpaired) electrons. The van der Waals surface area contributed by atoms with Crippen molar-refractivity contribution in [3.05, 3.63) is 34.9 Å². The highest BCUT2D eigenvalue weighted by Gasteiger charge is 2.49. The number of amides is 2. The van der Waals surface area contributed by atoms with Crippen LogP contribution in [0.5, 0.6) is 0 Å². The summed E-state index contributed by atoms with van der Waals surface area (Å²) in [4.78, 5) is 26.8. The van der Waals surface area contributed by atoms with E-state index in [1.807, 2.05) is 29.2 Å². The van der Waals surface area contributed by atoms with Crippen molar-refractivity contribution in [2.75, 3.05) is 32.7 Å². The molecule has 1 aromatic carbocycles. The van der Waals surface area contributed by atoms with Gasteiger partial charge >= 0.3 is 0 Å². The van der Waals surface area contributed by atoms with Gasteiger partial charge in [-0.3, -0.25) is 9.59 Å². The highest BCUT2D eigenvalue weighted by atomic mass is 35.5. The van der Waals surface area contributed by atoms with Gasteiger partial charge in [0.05, 0.1) is 5.41 Å². The fraction of sp³-hybridized carbons (Fsp3) is 0.579. The molecular weight excluding hydrogens is 338 g/mol. The van der Waals surface area contributed by atoms with Gasteiger partial charge in [0.15, 0.2) is 0 Å². The summed E-state index contributed by atoms with van der Waals surface area (Å²) in [5.41, 5.74) is 0.898. The number of rotatable bonds is 3. The maximum Gasteiger partial charge on any atom is 0.231 e. The molecule has 134 valence electrons. The van der Waals surface area contributed by atoms with Crippen molar-refractivity contribution < 1.29 is 9.59 Å². The number of hydrogen-bond acceptors (Lipinski definition) is 3. The molecule has 0 aliphatic carbocycles. The lowest BCUT2D eigenvalue weighted by atomic mass is 9.73. The van der Waals surface area contributed by atoms with Crippen LogP contribution in [0, 0.1) is 10.8 Å². The molecule has 3 fully saturated rings. The van der Waals surface area contributed by atoms with Crippen LogP contribution in [0.25, 0.3) is 0 Å². The van der Waals surface area contributed by atoms with E-state index >= 15 is 0 Å². The van der Waals surface area contributed by atoms with Crippen molar-refractivity contribution in [2.24, 2.45) is 10.8 Å². The molecule has 5 nitrogen and oxygen atoms in total. The second-order valence-electron chi connectivity index (χ2n) is 7.93. The van der Waals surface area contributed by atoms with Crippen LogP contribution in [0.2, 0.25) is 5.02 Å². The molecule has 3 saturated heterocycles. The molecule has 3 aliphatic heterocycles. The predicted molar refractivity (Wildman–Crippen MR) is 96.3 cm³/mol. The van der Waals surface area contributed by atoms with E-state index in [0.717, 1.165) is 62.6 Å². The minimum absolute atomic E-state index is 0.0784. The SMILES string of the molecule is O=C1CC2(CCN(C(=O)C3(Cc4ccc(Cl)cc4)CNC3)CC2)CN1. The standard InChI is InChI=1S/C19H24ClN3O2/c20-15-3-1-14(2-4-15)9-19(12-21-13-19)17(25)23-7-5-18(6-8-23)10-16(24)22-11-18/h1-4,21H,5-13H2,(H,22,24). The van der Waals surface area contributed by atoms with Crippen molar-refractivity contribution in [1.29, 1.82) is 0 Å². The molecule has 0 aromatic heterocycles.